The Hall–Kier alpha value is -1.68. The minimum Gasteiger partial charge on any atom is -0.375 e. The first-order valence-corrected chi connectivity index (χ1v) is 5.96. The average Bonchev–Trinajstić information content (AvgIpc) is 2.46. The lowest BCUT2D eigenvalue weighted by atomic mass is 10.1. The van der Waals surface area contributed by atoms with Crippen molar-refractivity contribution in [1.82, 2.24) is 5.48 Å². The molecule has 0 aliphatic heterocycles. The molecular weight excluding hydrogens is 226 g/mol. The number of hydroxylamine groups is 1. The highest BCUT2D eigenvalue weighted by Gasteiger charge is 2.09. The predicted molar refractivity (Wildman–Crippen MR) is 70.2 cm³/mol. The van der Waals surface area contributed by atoms with Crippen LogP contribution in [0.4, 0.5) is 0 Å². The Morgan fingerprint density at radius 1 is 0.944 bits per heavy atom. The molecule has 2 N–H and O–H groups in total. The van der Waals surface area contributed by atoms with Gasteiger partial charge in [-0.3, -0.25) is 0 Å². The van der Waals surface area contributed by atoms with Crippen LogP contribution in [0.25, 0.3) is 0 Å². The standard InChI is InChI=1S/C15H17NO2/c17-16-15(14-9-5-2-6-10-14)12-18-11-13-7-3-1-4-8-13/h1-10,15-17H,11-12H2. The lowest BCUT2D eigenvalue weighted by Crippen LogP contribution is -2.22. The van der Waals surface area contributed by atoms with Gasteiger partial charge >= 0.3 is 0 Å². The molecule has 2 rings (SSSR count). The third-order valence-corrected chi connectivity index (χ3v) is 2.75. The first kappa shape index (κ1) is 12.8. The Bertz CT molecular complexity index is 445. The molecule has 0 aliphatic rings. The fourth-order valence-corrected chi connectivity index (χ4v) is 1.76. The van der Waals surface area contributed by atoms with Crippen LogP contribution in [0, 0.1) is 0 Å². The van der Waals surface area contributed by atoms with E-state index in [-0.39, 0.29) is 6.04 Å². The average molecular weight is 243 g/mol. The molecule has 18 heavy (non-hydrogen) atoms. The normalized spacial score (nSPS) is 12.3. The minimum atomic E-state index is -0.199. The van der Waals surface area contributed by atoms with Crippen LogP contribution in [0.15, 0.2) is 60.7 Å². The van der Waals surface area contributed by atoms with Gasteiger partial charge < -0.3 is 9.94 Å². The van der Waals surface area contributed by atoms with E-state index in [2.05, 4.69) is 5.48 Å². The van der Waals surface area contributed by atoms with Crippen LogP contribution >= 0.6 is 0 Å². The highest BCUT2D eigenvalue weighted by molar-refractivity contribution is 5.18. The first-order chi connectivity index (χ1) is 8.90. The summed E-state index contributed by atoms with van der Waals surface area (Å²) >= 11 is 0. The van der Waals surface area contributed by atoms with Crippen molar-refractivity contribution in [2.75, 3.05) is 6.61 Å². The van der Waals surface area contributed by atoms with Gasteiger partial charge in [-0.1, -0.05) is 60.7 Å². The Labute approximate surface area is 107 Å². The van der Waals surface area contributed by atoms with Gasteiger partial charge in [-0.15, -0.1) is 0 Å². The van der Waals surface area contributed by atoms with Gasteiger partial charge in [0, 0.05) is 0 Å². The van der Waals surface area contributed by atoms with E-state index in [1.807, 2.05) is 60.7 Å². The SMILES string of the molecule is ONC(COCc1ccccc1)c1ccccc1. The fourth-order valence-electron chi connectivity index (χ4n) is 1.76. The summed E-state index contributed by atoms with van der Waals surface area (Å²) in [6.07, 6.45) is 0. The molecule has 0 heterocycles. The quantitative estimate of drug-likeness (QED) is 0.766. The lowest BCUT2D eigenvalue weighted by molar-refractivity contribution is 0.0421. The van der Waals surface area contributed by atoms with Crippen LogP contribution < -0.4 is 5.48 Å². The van der Waals surface area contributed by atoms with E-state index in [1.165, 1.54) is 0 Å². The summed E-state index contributed by atoms with van der Waals surface area (Å²) in [5.41, 5.74) is 4.41. The fraction of sp³-hybridized carbons (Fsp3) is 0.200. The molecule has 0 aromatic heterocycles. The third kappa shape index (κ3) is 3.67. The summed E-state index contributed by atoms with van der Waals surface area (Å²) in [4.78, 5) is 0. The molecule has 94 valence electrons. The topological polar surface area (TPSA) is 41.5 Å². The summed E-state index contributed by atoms with van der Waals surface area (Å²) in [7, 11) is 0. The molecule has 1 unspecified atom stereocenters. The second-order valence-electron chi connectivity index (χ2n) is 4.09. The molecule has 0 spiro atoms. The van der Waals surface area contributed by atoms with Crippen molar-refractivity contribution >= 4 is 0 Å². The van der Waals surface area contributed by atoms with Crippen LogP contribution in [0.2, 0.25) is 0 Å². The number of nitrogens with one attached hydrogen (secondary N) is 1. The van der Waals surface area contributed by atoms with Crippen LogP contribution in [0.1, 0.15) is 17.2 Å². The highest BCUT2D eigenvalue weighted by atomic mass is 16.5. The van der Waals surface area contributed by atoms with E-state index in [0.717, 1.165) is 11.1 Å². The van der Waals surface area contributed by atoms with Gasteiger partial charge in [-0.25, -0.2) is 0 Å². The van der Waals surface area contributed by atoms with Crippen molar-refractivity contribution in [3.8, 4) is 0 Å². The maximum absolute atomic E-state index is 9.15. The molecule has 0 fully saturated rings. The zero-order chi connectivity index (χ0) is 12.6. The molecule has 0 saturated heterocycles. The van der Waals surface area contributed by atoms with Gasteiger partial charge in [0.2, 0.25) is 0 Å². The van der Waals surface area contributed by atoms with Crippen LogP contribution in [0.3, 0.4) is 0 Å². The molecule has 0 aliphatic carbocycles. The molecular formula is C15H17NO2. The highest BCUT2D eigenvalue weighted by Crippen LogP contribution is 2.13. The van der Waals surface area contributed by atoms with Crippen molar-refractivity contribution in [3.63, 3.8) is 0 Å². The van der Waals surface area contributed by atoms with Gasteiger partial charge in [0.15, 0.2) is 0 Å². The number of ether oxygens (including phenoxy) is 1. The molecule has 3 heteroatoms. The van der Waals surface area contributed by atoms with Gasteiger partial charge in [-0.2, -0.15) is 5.48 Å². The second-order valence-corrected chi connectivity index (χ2v) is 4.09. The van der Waals surface area contributed by atoms with Crippen LogP contribution in [0.5, 0.6) is 0 Å². The lowest BCUT2D eigenvalue weighted by Gasteiger charge is -2.15. The van der Waals surface area contributed by atoms with Gasteiger partial charge in [-0.05, 0) is 11.1 Å². The maximum atomic E-state index is 9.15. The zero-order valence-electron chi connectivity index (χ0n) is 10.1. The summed E-state index contributed by atoms with van der Waals surface area (Å²) in [5.74, 6) is 0. The molecule has 3 nitrogen and oxygen atoms in total. The van der Waals surface area contributed by atoms with E-state index in [9.17, 15) is 0 Å². The summed E-state index contributed by atoms with van der Waals surface area (Å²) in [5, 5.41) is 9.15. The Balaban J connectivity index is 1.85. The number of hydrogen-bond donors (Lipinski definition) is 2. The summed E-state index contributed by atoms with van der Waals surface area (Å²) in [6.45, 7) is 0.973. The first-order valence-electron chi connectivity index (χ1n) is 5.96. The minimum absolute atomic E-state index is 0.199. The van der Waals surface area contributed by atoms with Crippen molar-refractivity contribution in [1.29, 1.82) is 0 Å². The smallest absolute Gasteiger partial charge is 0.0802 e. The molecule has 1 atom stereocenters. The van der Waals surface area contributed by atoms with Crippen LogP contribution in [-0.4, -0.2) is 11.8 Å². The molecule has 0 bridgehead atoms. The number of benzene rings is 2. The number of rotatable bonds is 6. The maximum Gasteiger partial charge on any atom is 0.0802 e. The second kappa shape index (κ2) is 6.91. The molecule has 0 radical (unpaired) electrons. The summed E-state index contributed by atoms with van der Waals surface area (Å²) < 4.78 is 5.60. The van der Waals surface area contributed by atoms with E-state index in [1.54, 1.807) is 0 Å². The van der Waals surface area contributed by atoms with Crippen molar-refractivity contribution in [2.24, 2.45) is 0 Å². The van der Waals surface area contributed by atoms with Crippen molar-refractivity contribution in [3.05, 3.63) is 71.8 Å². The van der Waals surface area contributed by atoms with Crippen LogP contribution in [-0.2, 0) is 11.3 Å². The van der Waals surface area contributed by atoms with Gasteiger partial charge in [0.05, 0.1) is 19.3 Å². The molecule has 0 amide bonds. The molecule has 2 aromatic rings. The van der Waals surface area contributed by atoms with E-state index < -0.39 is 0 Å². The monoisotopic (exact) mass is 243 g/mol. The van der Waals surface area contributed by atoms with E-state index in [0.29, 0.717) is 13.2 Å². The van der Waals surface area contributed by atoms with Gasteiger partial charge in [0.1, 0.15) is 0 Å². The predicted octanol–water partition coefficient (Wildman–Crippen LogP) is 2.92. The van der Waals surface area contributed by atoms with E-state index in [4.69, 9.17) is 9.94 Å². The van der Waals surface area contributed by atoms with E-state index >= 15 is 0 Å². The zero-order valence-corrected chi connectivity index (χ0v) is 10.1. The Morgan fingerprint density at radius 3 is 2.17 bits per heavy atom. The Morgan fingerprint density at radius 2 is 1.56 bits per heavy atom. The third-order valence-electron chi connectivity index (χ3n) is 2.75. The van der Waals surface area contributed by atoms with Crippen molar-refractivity contribution in [2.45, 2.75) is 12.6 Å². The number of hydrogen-bond acceptors (Lipinski definition) is 3. The molecule has 0 saturated carbocycles. The van der Waals surface area contributed by atoms with Gasteiger partial charge in [0.25, 0.3) is 0 Å². The largest absolute Gasteiger partial charge is 0.375 e. The molecule has 2 aromatic carbocycles. The summed E-state index contributed by atoms with van der Waals surface area (Å²) in [6, 6.07) is 19.5. The van der Waals surface area contributed by atoms with Crippen molar-refractivity contribution < 1.29 is 9.94 Å². The Kier molecular flexibility index (Phi) is 4.90.